The number of rotatable bonds is 7. The van der Waals surface area contributed by atoms with Crippen LogP contribution in [0.5, 0.6) is 11.5 Å². The number of hydrogen-bond donors (Lipinski definition) is 1. The van der Waals surface area contributed by atoms with Crippen LogP contribution in [0.25, 0.3) is 0 Å². The highest BCUT2D eigenvalue weighted by molar-refractivity contribution is 5.45. The van der Waals surface area contributed by atoms with E-state index in [2.05, 4.69) is 32.0 Å². The lowest BCUT2D eigenvalue weighted by molar-refractivity contribution is 0.0494. The number of hydrogen-bond acceptors (Lipinski definition) is 4. The normalized spacial score (nSPS) is 14.9. The average Bonchev–Trinajstić information content (AvgIpc) is 2.93. The molecular formula is C21H26O4. The Kier molecular flexibility index (Phi) is 5.30. The van der Waals surface area contributed by atoms with Gasteiger partial charge in [0, 0.05) is 23.7 Å². The van der Waals surface area contributed by atoms with E-state index in [4.69, 9.17) is 14.2 Å². The number of fused-ring (bicyclic) bond motifs is 1. The van der Waals surface area contributed by atoms with Crippen molar-refractivity contribution in [3.05, 3.63) is 58.7 Å². The summed E-state index contributed by atoms with van der Waals surface area (Å²) in [5.74, 6) is 1.70. The van der Waals surface area contributed by atoms with Gasteiger partial charge in [-0.25, -0.2) is 0 Å². The van der Waals surface area contributed by atoms with E-state index in [0.29, 0.717) is 5.75 Å². The zero-order chi connectivity index (χ0) is 17.9. The second-order valence-corrected chi connectivity index (χ2v) is 7.15. The van der Waals surface area contributed by atoms with Crippen LogP contribution < -0.4 is 9.47 Å². The molecule has 0 aliphatic carbocycles. The summed E-state index contributed by atoms with van der Waals surface area (Å²) in [6.45, 7) is 5.31. The third-order valence-corrected chi connectivity index (χ3v) is 4.70. The van der Waals surface area contributed by atoms with Crippen molar-refractivity contribution in [1.82, 2.24) is 0 Å². The molecule has 2 aromatic rings. The van der Waals surface area contributed by atoms with E-state index in [1.54, 1.807) is 7.11 Å². The van der Waals surface area contributed by atoms with E-state index >= 15 is 0 Å². The number of ether oxygens (including phenoxy) is 3. The molecule has 134 valence electrons. The Morgan fingerprint density at radius 3 is 2.52 bits per heavy atom. The van der Waals surface area contributed by atoms with E-state index in [9.17, 15) is 5.11 Å². The molecule has 0 bridgehead atoms. The molecule has 1 aliphatic heterocycles. The molecule has 4 heteroatoms. The predicted molar refractivity (Wildman–Crippen MR) is 97.2 cm³/mol. The predicted octanol–water partition coefficient (Wildman–Crippen LogP) is 3.62. The highest BCUT2D eigenvalue weighted by atomic mass is 16.7. The van der Waals surface area contributed by atoms with Crippen LogP contribution in [0.4, 0.5) is 0 Å². The third-order valence-electron chi connectivity index (χ3n) is 4.70. The maximum Gasteiger partial charge on any atom is 0.188 e. The Labute approximate surface area is 149 Å². The summed E-state index contributed by atoms with van der Waals surface area (Å²) in [5.41, 5.74) is 4.64. The minimum atomic E-state index is -0.0424. The van der Waals surface area contributed by atoms with Crippen molar-refractivity contribution in [3.63, 3.8) is 0 Å². The largest absolute Gasteiger partial charge is 0.492 e. The van der Waals surface area contributed by atoms with Crippen LogP contribution in [0.15, 0.2) is 36.4 Å². The molecule has 1 heterocycles. The first-order chi connectivity index (χ1) is 12.0. The topological polar surface area (TPSA) is 47.9 Å². The summed E-state index contributed by atoms with van der Waals surface area (Å²) >= 11 is 0. The molecule has 0 saturated heterocycles. The molecule has 0 atom stereocenters. The smallest absolute Gasteiger partial charge is 0.188 e. The van der Waals surface area contributed by atoms with Gasteiger partial charge in [0.1, 0.15) is 11.5 Å². The molecule has 4 nitrogen and oxygen atoms in total. The summed E-state index contributed by atoms with van der Waals surface area (Å²) in [7, 11) is 1.58. The van der Waals surface area contributed by atoms with Gasteiger partial charge in [0.05, 0.1) is 13.2 Å². The molecule has 0 radical (unpaired) electrons. The summed E-state index contributed by atoms with van der Waals surface area (Å²) in [5, 5.41) is 9.42. The number of aliphatic hydroxyl groups excluding tert-OH is 1. The van der Waals surface area contributed by atoms with Crippen LogP contribution in [-0.4, -0.2) is 25.6 Å². The molecule has 0 amide bonds. The quantitative estimate of drug-likeness (QED) is 0.781. The van der Waals surface area contributed by atoms with Crippen molar-refractivity contribution in [1.29, 1.82) is 0 Å². The van der Waals surface area contributed by atoms with Crippen molar-refractivity contribution in [2.75, 3.05) is 20.5 Å². The Hall–Kier alpha value is -2.04. The Balaban J connectivity index is 1.72. The minimum Gasteiger partial charge on any atom is -0.492 e. The number of benzene rings is 2. The fourth-order valence-electron chi connectivity index (χ4n) is 3.15. The second-order valence-electron chi connectivity index (χ2n) is 7.15. The first-order valence-corrected chi connectivity index (χ1v) is 8.64. The first-order valence-electron chi connectivity index (χ1n) is 8.64. The molecule has 0 aromatic heterocycles. The standard InChI is InChI=1S/C21H26O4/c1-21(2)13-24-19-9-7-15(10-18(19)21)4-5-16-6-8-17(12-22)20(11-16)25-14-23-3/h6-11,22H,4-5,12-14H2,1-3H3. The van der Waals surface area contributed by atoms with Crippen molar-refractivity contribution in [2.45, 2.75) is 38.7 Å². The van der Waals surface area contributed by atoms with Crippen LogP contribution >= 0.6 is 0 Å². The van der Waals surface area contributed by atoms with Gasteiger partial charge in [0.15, 0.2) is 6.79 Å². The van der Waals surface area contributed by atoms with Crippen molar-refractivity contribution in [2.24, 2.45) is 0 Å². The van der Waals surface area contributed by atoms with Crippen LogP contribution in [-0.2, 0) is 29.6 Å². The molecule has 2 aromatic carbocycles. The SMILES string of the molecule is COCOc1cc(CCc2ccc3c(c2)C(C)(C)CO3)ccc1CO. The fraction of sp³-hybridized carbons (Fsp3) is 0.429. The van der Waals surface area contributed by atoms with Gasteiger partial charge in [-0.3, -0.25) is 0 Å². The number of methoxy groups -OCH3 is 1. The monoisotopic (exact) mass is 342 g/mol. The van der Waals surface area contributed by atoms with Crippen LogP contribution in [0.3, 0.4) is 0 Å². The lowest BCUT2D eigenvalue weighted by Crippen LogP contribution is -2.18. The van der Waals surface area contributed by atoms with E-state index in [-0.39, 0.29) is 18.8 Å². The van der Waals surface area contributed by atoms with Crippen LogP contribution in [0, 0.1) is 0 Å². The zero-order valence-electron chi connectivity index (χ0n) is 15.2. The van der Waals surface area contributed by atoms with Gasteiger partial charge >= 0.3 is 0 Å². The average molecular weight is 342 g/mol. The highest BCUT2D eigenvalue weighted by Crippen LogP contribution is 2.38. The Morgan fingerprint density at radius 2 is 1.80 bits per heavy atom. The number of aliphatic hydroxyl groups is 1. The third kappa shape index (κ3) is 3.97. The molecule has 3 rings (SSSR count). The fourth-order valence-corrected chi connectivity index (χ4v) is 3.15. The first kappa shape index (κ1) is 17.8. The van der Waals surface area contributed by atoms with E-state index < -0.39 is 0 Å². The van der Waals surface area contributed by atoms with Crippen LogP contribution in [0.1, 0.15) is 36.1 Å². The van der Waals surface area contributed by atoms with E-state index in [1.807, 2.05) is 18.2 Å². The molecule has 1 aliphatic rings. The highest BCUT2D eigenvalue weighted by Gasteiger charge is 2.31. The number of aryl methyl sites for hydroxylation is 2. The van der Waals surface area contributed by atoms with Crippen molar-refractivity contribution in [3.8, 4) is 11.5 Å². The van der Waals surface area contributed by atoms with Crippen LogP contribution in [0.2, 0.25) is 0 Å². The van der Waals surface area contributed by atoms with Gasteiger partial charge in [-0.05, 0) is 36.1 Å². The van der Waals surface area contributed by atoms with Gasteiger partial charge in [0.25, 0.3) is 0 Å². The second kappa shape index (κ2) is 7.46. The molecule has 0 spiro atoms. The van der Waals surface area contributed by atoms with Crippen molar-refractivity contribution >= 4 is 0 Å². The lowest BCUT2D eigenvalue weighted by Gasteiger charge is -2.16. The van der Waals surface area contributed by atoms with Gasteiger partial charge in [-0.1, -0.05) is 38.1 Å². The minimum absolute atomic E-state index is 0.0424. The molecule has 1 N–H and O–H groups in total. The maximum absolute atomic E-state index is 9.42. The Morgan fingerprint density at radius 1 is 1.08 bits per heavy atom. The summed E-state index contributed by atoms with van der Waals surface area (Å²) < 4.78 is 16.3. The van der Waals surface area contributed by atoms with Gasteiger partial charge in [-0.2, -0.15) is 0 Å². The van der Waals surface area contributed by atoms with Gasteiger partial charge in [0.2, 0.25) is 0 Å². The summed E-state index contributed by atoms with van der Waals surface area (Å²) in [4.78, 5) is 0. The summed E-state index contributed by atoms with van der Waals surface area (Å²) in [6, 6.07) is 12.5. The zero-order valence-corrected chi connectivity index (χ0v) is 15.2. The molecule has 0 fully saturated rings. The Bertz CT molecular complexity index is 737. The van der Waals surface area contributed by atoms with Gasteiger partial charge < -0.3 is 19.3 Å². The van der Waals surface area contributed by atoms with E-state index in [0.717, 1.165) is 30.8 Å². The van der Waals surface area contributed by atoms with E-state index in [1.165, 1.54) is 16.7 Å². The molecular weight excluding hydrogens is 316 g/mol. The molecule has 0 saturated carbocycles. The molecule has 25 heavy (non-hydrogen) atoms. The molecule has 0 unspecified atom stereocenters. The maximum atomic E-state index is 9.42. The van der Waals surface area contributed by atoms with Crippen molar-refractivity contribution < 1.29 is 19.3 Å². The van der Waals surface area contributed by atoms with Gasteiger partial charge in [-0.15, -0.1) is 0 Å². The lowest BCUT2D eigenvalue weighted by atomic mass is 9.85. The summed E-state index contributed by atoms with van der Waals surface area (Å²) in [6.07, 6.45) is 1.86.